The first-order valence-corrected chi connectivity index (χ1v) is 11.0. The molecule has 0 fully saturated rings. The van der Waals surface area contributed by atoms with Gasteiger partial charge < -0.3 is 4.98 Å². The second kappa shape index (κ2) is 8.57. The van der Waals surface area contributed by atoms with Crippen molar-refractivity contribution in [2.45, 2.75) is 79.1 Å². The van der Waals surface area contributed by atoms with Gasteiger partial charge >= 0.3 is 0 Å². The van der Waals surface area contributed by atoms with Crippen LogP contribution < -0.4 is 0 Å². The van der Waals surface area contributed by atoms with Crippen molar-refractivity contribution in [2.24, 2.45) is 0 Å². The summed E-state index contributed by atoms with van der Waals surface area (Å²) >= 11 is 0. The summed E-state index contributed by atoms with van der Waals surface area (Å²) in [6.45, 7) is 18.1. The number of H-pyrrole nitrogens is 1. The van der Waals surface area contributed by atoms with E-state index in [-0.39, 0.29) is 0 Å². The highest BCUT2D eigenvalue weighted by molar-refractivity contribution is 5.74. The molecule has 0 aliphatic heterocycles. The molecule has 2 heteroatoms. The lowest BCUT2D eigenvalue weighted by Crippen LogP contribution is -2.01. The summed E-state index contributed by atoms with van der Waals surface area (Å²) < 4.78 is 0. The molecule has 3 aromatic rings. The zero-order chi connectivity index (χ0) is 21.3. The Balaban J connectivity index is 2.23. The van der Waals surface area contributed by atoms with Gasteiger partial charge in [-0.15, -0.1) is 0 Å². The van der Waals surface area contributed by atoms with Gasteiger partial charge in [-0.25, -0.2) is 4.98 Å². The average Bonchev–Trinajstić information content (AvgIpc) is 3.15. The molecule has 1 aromatic heterocycles. The standard InChI is InChI=1S/C27H36N2/c1-16(2)20-11-9-12-21(17(3)4)25(20)24-15-28-27(29-24)26-22(18(5)6)13-10-14-23(26)19(7)8/h9-19H,1-8H3,(H,28,29). The topological polar surface area (TPSA) is 28.7 Å². The van der Waals surface area contributed by atoms with E-state index in [2.05, 4.69) is 96.8 Å². The van der Waals surface area contributed by atoms with Gasteiger partial charge in [0.2, 0.25) is 0 Å². The lowest BCUT2D eigenvalue weighted by atomic mass is 9.87. The van der Waals surface area contributed by atoms with E-state index in [1.165, 1.54) is 33.4 Å². The van der Waals surface area contributed by atoms with Gasteiger partial charge in [0.15, 0.2) is 0 Å². The third-order valence-corrected chi connectivity index (χ3v) is 5.83. The van der Waals surface area contributed by atoms with Gasteiger partial charge in [-0.05, 0) is 45.9 Å². The first-order valence-electron chi connectivity index (χ1n) is 11.0. The summed E-state index contributed by atoms with van der Waals surface area (Å²) in [5.41, 5.74) is 9.21. The number of imidazole rings is 1. The van der Waals surface area contributed by atoms with Crippen molar-refractivity contribution in [1.29, 1.82) is 0 Å². The second-order valence-corrected chi connectivity index (χ2v) is 9.39. The van der Waals surface area contributed by atoms with Crippen molar-refractivity contribution in [2.75, 3.05) is 0 Å². The smallest absolute Gasteiger partial charge is 0.138 e. The van der Waals surface area contributed by atoms with E-state index in [4.69, 9.17) is 4.98 Å². The van der Waals surface area contributed by atoms with Crippen molar-refractivity contribution in [3.8, 4) is 22.6 Å². The molecule has 0 aliphatic rings. The lowest BCUT2D eigenvalue weighted by molar-refractivity contribution is 0.834. The number of rotatable bonds is 6. The zero-order valence-corrected chi connectivity index (χ0v) is 19.3. The van der Waals surface area contributed by atoms with Crippen LogP contribution in [-0.4, -0.2) is 9.97 Å². The molecule has 2 nitrogen and oxygen atoms in total. The summed E-state index contributed by atoms with van der Waals surface area (Å²) in [4.78, 5) is 8.61. The number of nitrogens with zero attached hydrogens (tertiary/aromatic N) is 1. The molecule has 0 bridgehead atoms. The fourth-order valence-electron chi connectivity index (χ4n) is 4.26. The van der Waals surface area contributed by atoms with Crippen LogP contribution in [0.4, 0.5) is 0 Å². The summed E-state index contributed by atoms with van der Waals surface area (Å²) in [5.74, 6) is 2.81. The van der Waals surface area contributed by atoms with Crippen LogP contribution in [0.2, 0.25) is 0 Å². The summed E-state index contributed by atoms with van der Waals surface area (Å²) in [5, 5.41) is 0. The molecule has 29 heavy (non-hydrogen) atoms. The van der Waals surface area contributed by atoms with Crippen LogP contribution in [0, 0.1) is 0 Å². The monoisotopic (exact) mass is 388 g/mol. The van der Waals surface area contributed by atoms with E-state index in [1.807, 2.05) is 6.20 Å². The van der Waals surface area contributed by atoms with Gasteiger partial charge in [0.25, 0.3) is 0 Å². The van der Waals surface area contributed by atoms with Crippen LogP contribution in [0.1, 0.15) is 101 Å². The molecule has 154 valence electrons. The van der Waals surface area contributed by atoms with Crippen molar-refractivity contribution in [3.05, 3.63) is 64.8 Å². The first kappa shape index (κ1) is 21.4. The van der Waals surface area contributed by atoms with E-state index in [0.717, 1.165) is 11.5 Å². The quantitative estimate of drug-likeness (QED) is 0.452. The molecule has 0 saturated carbocycles. The van der Waals surface area contributed by atoms with Crippen LogP contribution in [0.3, 0.4) is 0 Å². The van der Waals surface area contributed by atoms with Gasteiger partial charge in [0.1, 0.15) is 5.82 Å². The average molecular weight is 389 g/mol. The molecule has 0 aliphatic carbocycles. The second-order valence-electron chi connectivity index (χ2n) is 9.39. The highest BCUT2D eigenvalue weighted by atomic mass is 14.9. The molecule has 0 radical (unpaired) electrons. The Bertz CT molecular complexity index is 843. The zero-order valence-electron chi connectivity index (χ0n) is 19.3. The van der Waals surface area contributed by atoms with E-state index in [9.17, 15) is 0 Å². The molecule has 0 atom stereocenters. The number of aromatic nitrogens is 2. The maximum atomic E-state index is 4.89. The molecule has 2 aromatic carbocycles. The van der Waals surface area contributed by atoms with E-state index in [1.54, 1.807) is 0 Å². The van der Waals surface area contributed by atoms with Crippen LogP contribution in [0.25, 0.3) is 22.6 Å². The molecule has 1 N–H and O–H groups in total. The third kappa shape index (κ3) is 4.17. The van der Waals surface area contributed by atoms with Crippen molar-refractivity contribution < 1.29 is 0 Å². The number of nitrogens with one attached hydrogen (secondary N) is 1. The minimum atomic E-state index is 0.450. The molecule has 0 unspecified atom stereocenters. The predicted molar refractivity (Wildman–Crippen MR) is 126 cm³/mol. The van der Waals surface area contributed by atoms with Crippen molar-refractivity contribution in [1.82, 2.24) is 9.97 Å². The Morgan fingerprint density at radius 1 is 0.586 bits per heavy atom. The van der Waals surface area contributed by atoms with Crippen LogP contribution in [-0.2, 0) is 0 Å². The molecule has 3 rings (SSSR count). The number of hydrogen-bond acceptors (Lipinski definition) is 1. The molecule has 1 heterocycles. The van der Waals surface area contributed by atoms with E-state index < -0.39 is 0 Å². The Morgan fingerprint density at radius 3 is 1.34 bits per heavy atom. The molecular weight excluding hydrogens is 352 g/mol. The Kier molecular flexibility index (Phi) is 6.31. The third-order valence-electron chi connectivity index (χ3n) is 5.83. The fourth-order valence-corrected chi connectivity index (χ4v) is 4.26. The predicted octanol–water partition coefficient (Wildman–Crippen LogP) is 8.24. The Hall–Kier alpha value is -2.35. The van der Waals surface area contributed by atoms with Crippen molar-refractivity contribution in [3.63, 3.8) is 0 Å². The van der Waals surface area contributed by atoms with Gasteiger partial charge in [-0.3, -0.25) is 0 Å². The molecule has 0 spiro atoms. The molecular formula is C27H36N2. The van der Waals surface area contributed by atoms with Crippen molar-refractivity contribution >= 4 is 0 Å². The van der Waals surface area contributed by atoms with Crippen LogP contribution >= 0.6 is 0 Å². The number of aromatic amines is 1. The van der Waals surface area contributed by atoms with Crippen LogP contribution in [0.15, 0.2) is 42.6 Å². The normalized spacial score (nSPS) is 12.0. The number of hydrogen-bond donors (Lipinski definition) is 1. The lowest BCUT2D eigenvalue weighted by Gasteiger charge is -2.19. The maximum Gasteiger partial charge on any atom is 0.138 e. The highest BCUT2D eigenvalue weighted by Crippen LogP contribution is 2.38. The van der Waals surface area contributed by atoms with Gasteiger partial charge in [-0.1, -0.05) is 91.8 Å². The number of benzene rings is 2. The minimum Gasteiger partial charge on any atom is -0.338 e. The molecule has 0 amide bonds. The summed E-state index contributed by atoms with van der Waals surface area (Å²) in [7, 11) is 0. The Labute approximate surface area is 176 Å². The maximum absolute atomic E-state index is 4.89. The van der Waals surface area contributed by atoms with Gasteiger partial charge in [0, 0.05) is 11.1 Å². The Morgan fingerprint density at radius 2 is 0.966 bits per heavy atom. The summed E-state index contributed by atoms with van der Waals surface area (Å²) in [6, 6.07) is 13.4. The SMILES string of the molecule is CC(C)c1cccc(C(C)C)c1-c1cnc(-c2c(C(C)C)cccc2C(C)C)[nH]1. The fraction of sp³-hybridized carbons (Fsp3) is 0.444. The van der Waals surface area contributed by atoms with E-state index in [0.29, 0.717) is 23.7 Å². The highest BCUT2D eigenvalue weighted by Gasteiger charge is 2.21. The van der Waals surface area contributed by atoms with E-state index >= 15 is 0 Å². The molecule has 0 saturated heterocycles. The summed E-state index contributed by atoms with van der Waals surface area (Å²) in [6.07, 6.45) is 2.03. The van der Waals surface area contributed by atoms with Gasteiger partial charge in [0.05, 0.1) is 11.9 Å². The largest absolute Gasteiger partial charge is 0.338 e. The van der Waals surface area contributed by atoms with Gasteiger partial charge in [-0.2, -0.15) is 0 Å². The van der Waals surface area contributed by atoms with Crippen LogP contribution in [0.5, 0.6) is 0 Å². The minimum absolute atomic E-state index is 0.450. The first-order chi connectivity index (χ1) is 13.7.